The normalized spacial score (nSPS) is 20.4. The van der Waals surface area contributed by atoms with Gasteiger partial charge in [-0.3, -0.25) is 4.99 Å². The summed E-state index contributed by atoms with van der Waals surface area (Å²) >= 11 is 0. The van der Waals surface area contributed by atoms with Gasteiger partial charge in [-0.05, 0) is 42.2 Å². The van der Waals surface area contributed by atoms with Crippen LogP contribution in [-0.2, 0) is 12.8 Å². The molecule has 4 heteroatoms. The lowest BCUT2D eigenvalue weighted by Crippen LogP contribution is -2.32. The van der Waals surface area contributed by atoms with Crippen LogP contribution in [0.25, 0.3) is 0 Å². The van der Waals surface area contributed by atoms with Gasteiger partial charge in [-0.15, -0.1) is 0 Å². The number of fused-ring (bicyclic) bond motifs is 1. The highest BCUT2D eigenvalue weighted by molar-refractivity contribution is 5.80. The molecule has 2 N–H and O–H groups in total. The number of aliphatic hydroxyl groups excluding tert-OH is 1. The Labute approximate surface area is 135 Å². The molecule has 23 heavy (non-hydrogen) atoms. The number of amidine groups is 1. The van der Waals surface area contributed by atoms with Crippen molar-refractivity contribution in [3.05, 3.63) is 71.0 Å². The van der Waals surface area contributed by atoms with Crippen LogP contribution in [0.4, 0.5) is 4.39 Å². The molecule has 1 unspecified atom stereocenters. The number of nitrogens with one attached hydrogen (secondary N) is 1. The Morgan fingerprint density at radius 1 is 1.22 bits per heavy atom. The Morgan fingerprint density at radius 2 is 1.96 bits per heavy atom. The second kappa shape index (κ2) is 6.92. The maximum Gasteiger partial charge on any atom is 0.123 e. The first-order valence-electron chi connectivity index (χ1n) is 7.91. The summed E-state index contributed by atoms with van der Waals surface area (Å²) in [5.41, 5.74) is 3.40. The fourth-order valence-corrected chi connectivity index (χ4v) is 3.02. The number of halogens is 1. The third-order valence-corrected chi connectivity index (χ3v) is 4.23. The molecule has 3 nitrogen and oxygen atoms in total. The average Bonchev–Trinajstić information content (AvgIpc) is 2.85. The topological polar surface area (TPSA) is 44.6 Å². The molecule has 0 amide bonds. The summed E-state index contributed by atoms with van der Waals surface area (Å²) in [6.45, 7) is 2.55. The molecule has 1 aliphatic rings. The Bertz CT molecular complexity index is 697. The van der Waals surface area contributed by atoms with Crippen molar-refractivity contribution in [2.75, 3.05) is 6.54 Å². The maximum absolute atomic E-state index is 12.9. The van der Waals surface area contributed by atoms with Crippen molar-refractivity contribution in [1.29, 1.82) is 0 Å². The zero-order valence-corrected chi connectivity index (χ0v) is 13.2. The van der Waals surface area contributed by atoms with E-state index in [0.29, 0.717) is 13.0 Å². The highest BCUT2D eigenvalue weighted by Gasteiger charge is 2.30. The molecule has 1 aliphatic carbocycles. The van der Waals surface area contributed by atoms with E-state index in [9.17, 15) is 9.50 Å². The van der Waals surface area contributed by atoms with Crippen molar-refractivity contribution >= 4 is 5.84 Å². The van der Waals surface area contributed by atoms with Gasteiger partial charge in [-0.2, -0.15) is 0 Å². The molecule has 0 bridgehead atoms. The highest BCUT2D eigenvalue weighted by atomic mass is 19.1. The van der Waals surface area contributed by atoms with Gasteiger partial charge in [-0.25, -0.2) is 4.39 Å². The number of hydrogen-bond donors (Lipinski definition) is 2. The van der Waals surface area contributed by atoms with E-state index in [1.807, 2.05) is 19.1 Å². The van der Waals surface area contributed by atoms with Crippen molar-refractivity contribution in [3.63, 3.8) is 0 Å². The van der Waals surface area contributed by atoms with Gasteiger partial charge in [-0.1, -0.05) is 36.4 Å². The summed E-state index contributed by atoms with van der Waals surface area (Å²) in [5.74, 6) is 0.594. The van der Waals surface area contributed by atoms with Gasteiger partial charge in [0.25, 0.3) is 0 Å². The van der Waals surface area contributed by atoms with E-state index in [1.54, 1.807) is 12.1 Å². The SMILES string of the molecule is CC(=NCCc1ccc(F)cc1)NC1c2ccccc2C[C@H]1O. The van der Waals surface area contributed by atoms with Gasteiger partial charge in [0.05, 0.1) is 18.0 Å². The molecule has 0 aliphatic heterocycles. The van der Waals surface area contributed by atoms with E-state index in [4.69, 9.17) is 0 Å². The number of benzene rings is 2. The summed E-state index contributed by atoms with van der Waals surface area (Å²) in [5, 5.41) is 13.6. The molecule has 0 aromatic heterocycles. The van der Waals surface area contributed by atoms with E-state index in [-0.39, 0.29) is 11.9 Å². The molecule has 0 spiro atoms. The summed E-state index contributed by atoms with van der Waals surface area (Å²) in [4.78, 5) is 4.51. The molecule has 120 valence electrons. The van der Waals surface area contributed by atoms with Gasteiger partial charge in [0.15, 0.2) is 0 Å². The monoisotopic (exact) mass is 312 g/mol. The van der Waals surface area contributed by atoms with Gasteiger partial charge >= 0.3 is 0 Å². The van der Waals surface area contributed by atoms with E-state index < -0.39 is 6.10 Å². The van der Waals surface area contributed by atoms with Crippen LogP contribution in [0.1, 0.15) is 29.7 Å². The Morgan fingerprint density at radius 3 is 2.74 bits per heavy atom. The number of nitrogens with zero attached hydrogens (tertiary/aromatic N) is 1. The van der Waals surface area contributed by atoms with Crippen LogP contribution in [0, 0.1) is 5.82 Å². The minimum absolute atomic E-state index is 0.0965. The van der Waals surface area contributed by atoms with Gasteiger partial charge < -0.3 is 10.4 Å². The smallest absolute Gasteiger partial charge is 0.123 e. The molecule has 0 fully saturated rings. The fraction of sp³-hybridized carbons (Fsp3) is 0.316. The van der Waals surface area contributed by atoms with Crippen LogP contribution in [0.5, 0.6) is 0 Å². The van der Waals surface area contributed by atoms with Crippen molar-refractivity contribution in [1.82, 2.24) is 5.32 Å². The minimum Gasteiger partial charge on any atom is -0.390 e. The van der Waals surface area contributed by atoms with Crippen LogP contribution >= 0.6 is 0 Å². The molecule has 3 rings (SSSR count). The molecule has 0 radical (unpaired) electrons. The Kier molecular flexibility index (Phi) is 4.72. The number of rotatable bonds is 4. The minimum atomic E-state index is -0.422. The summed E-state index contributed by atoms with van der Waals surface area (Å²) in [6.07, 6.45) is 1.02. The summed E-state index contributed by atoms with van der Waals surface area (Å²) in [7, 11) is 0. The first-order chi connectivity index (χ1) is 11.1. The number of aliphatic hydroxyl groups is 1. The molecular formula is C19H21FN2O. The van der Waals surface area contributed by atoms with Crippen molar-refractivity contribution in [2.45, 2.75) is 31.9 Å². The zero-order valence-electron chi connectivity index (χ0n) is 13.2. The molecular weight excluding hydrogens is 291 g/mol. The van der Waals surface area contributed by atoms with Crippen molar-refractivity contribution in [3.8, 4) is 0 Å². The predicted molar refractivity (Wildman–Crippen MR) is 90.1 cm³/mol. The predicted octanol–water partition coefficient (Wildman–Crippen LogP) is 3.03. The first-order valence-corrected chi connectivity index (χ1v) is 7.91. The lowest BCUT2D eigenvalue weighted by Gasteiger charge is -2.19. The molecule has 2 aromatic rings. The number of aliphatic imine (C=N–C) groups is 1. The van der Waals surface area contributed by atoms with E-state index in [2.05, 4.69) is 22.4 Å². The summed E-state index contributed by atoms with van der Waals surface area (Å²) in [6, 6.07) is 14.5. The highest BCUT2D eigenvalue weighted by Crippen LogP contribution is 2.31. The summed E-state index contributed by atoms with van der Waals surface area (Å²) < 4.78 is 12.9. The van der Waals surface area contributed by atoms with Crippen LogP contribution in [0.15, 0.2) is 53.5 Å². The van der Waals surface area contributed by atoms with E-state index in [0.717, 1.165) is 23.4 Å². The number of hydrogen-bond acceptors (Lipinski definition) is 2. The standard InChI is InChI=1S/C19H21FN2O/c1-13(21-11-10-14-6-8-16(20)9-7-14)22-19-17-5-3-2-4-15(17)12-18(19)23/h2-9,18-19,23H,10-12H2,1H3,(H,21,22)/t18-,19?/m1/s1. The zero-order chi connectivity index (χ0) is 16.2. The lowest BCUT2D eigenvalue weighted by molar-refractivity contribution is 0.150. The van der Waals surface area contributed by atoms with Gasteiger partial charge in [0, 0.05) is 13.0 Å². The average molecular weight is 312 g/mol. The third-order valence-electron chi connectivity index (χ3n) is 4.23. The second-order valence-electron chi connectivity index (χ2n) is 5.94. The van der Waals surface area contributed by atoms with Crippen LogP contribution < -0.4 is 5.32 Å². The Hall–Kier alpha value is -2.20. The van der Waals surface area contributed by atoms with Crippen LogP contribution in [0.2, 0.25) is 0 Å². The third kappa shape index (κ3) is 3.77. The Balaban J connectivity index is 1.58. The first kappa shape index (κ1) is 15.7. The quantitative estimate of drug-likeness (QED) is 0.673. The fourth-order valence-electron chi connectivity index (χ4n) is 3.02. The maximum atomic E-state index is 12.9. The van der Waals surface area contributed by atoms with E-state index >= 15 is 0 Å². The van der Waals surface area contributed by atoms with Crippen LogP contribution in [-0.4, -0.2) is 23.6 Å². The molecule has 0 heterocycles. The van der Waals surface area contributed by atoms with E-state index in [1.165, 1.54) is 17.7 Å². The largest absolute Gasteiger partial charge is 0.390 e. The molecule has 2 atom stereocenters. The van der Waals surface area contributed by atoms with Crippen molar-refractivity contribution < 1.29 is 9.50 Å². The second-order valence-corrected chi connectivity index (χ2v) is 5.94. The van der Waals surface area contributed by atoms with Crippen molar-refractivity contribution in [2.24, 2.45) is 4.99 Å². The van der Waals surface area contributed by atoms with Crippen LogP contribution in [0.3, 0.4) is 0 Å². The molecule has 0 saturated carbocycles. The molecule has 2 aromatic carbocycles. The van der Waals surface area contributed by atoms with Gasteiger partial charge in [0.1, 0.15) is 5.82 Å². The lowest BCUT2D eigenvalue weighted by atomic mass is 10.1. The van der Waals surface area contributed by atoms with Gasteiger partial charge in [0.2, 0.25) is 0 Å². The molecule has 0 saturated heterocycles.